The Morgan fingerprint density at radius 1 is 1.37 bits per heavy atom. The molecule has 0 aliphatic rings. The van der Waals surface area contributed by atoms with Crippen LogP contribution in [-0.4, -0.2) is 24.5 Å². The monoisotopic (exact) mass is 369 g/mol. The zero-order chi connectivity index (χ0) is 19.8. The van der Waals surface area contributed by atoms with Gasteiger partial charge in [-0.25, -0.2) is 9.38 Å². The highest BCUT2D eigenvalue weighted by Crippen LogP contribution is 2.17. The minimum Gasteiger partial charge on any atom is -0.484 e. The van der Waals surface area contributed by atoms with Crippen LogP contribution in [0.1, 0.15) is 23.6 Å². The van der Waals surface area contributed by atoms with Gasteiger partial charge in [-0.2, -0.15) is 0 Å². The van der Waals surface area contributed by atoms with Crippen LogP contribution in [-0.2, 0) is 11.2 Å². The van der Waals surface area contributed by atoms with E-state index in [1.807, 2.05) is 13.0 Å². The Labute approximate surface area is 158 Å². The van der Waals surface area contributed by atoms with Gasteiger partial charge in [0.1, 0.15) is 5.82 Å². The molecule has 6 heteroatoms. The second-order valence-electron chi connectivity index (χ2n) is 6.04. The topological polar surface area (TPSA) is 66.5 Å². The van der Waals surface area contributed by atoms with Gasteiger partial charge in [0.15, 0.2) is 5.90 Å². The quantitative estimate of drug-likeness (QED) is 0.445. The molecule has 1 heterocycles. The predicted octanol–water partition coefficient (Wildman–Crippen LogP) is 3.57. The number of rotatable bonds is 7. The molecule has 0 atom stereocenters. The summed E-state index contributed by atoms with van der Waals surface area (Å²) in [7, 11) is 1.53. The summed E-state index contributed by atoms with van der Waals surface area (Å²) in [5, 5.41) is 3.17. The molecule has 2 N–H and O–H groups in total. The maximum atomic E-state index is 13.9. The van der Waals surface area contributed by atoms with Gasteiger partial charge in [0.25, 0.3) is 0 Å². The Bertz CT molecular complexity index is 889. The van der Waals surface area contributed by atoms with Crippen molar-refractivity contribution >= 4 is 11.6 Å². The Morgan fingerprint density at radius 2 is 2.15 bits per heavy atom. The predicted molar refractivity (Wildman–Crippen MR) is 107 cm³/mol. The molecule has 0 fully saturated rings. The first-order chi connectivity index (χ1) is 12.9. The highest BCUT2D eigenvalue weighted by molar-refractivity contribution is 5.82. The van der Waals surface area contributed by atoms with Crippen LogP contribution in [0.25, 0.3) is 5.70 Å². The van der Waals surface area contributed by atoms with Gasteiger partial charge in [0.05, 0.1) is 12.8 Å². The third-order valence-electron chi connectivity index (χ3n) is 4.04. The second-order valence-corrected chi connectivity index (χ2v) is 6.04. The summed E-state index contributed by atoms with van der Waals surface area (Å²) in [5.41, 5.74) is 3.35. The van der Waals surface area contributed by atoms with Gasteiger partial charge in [0, 0.05) is 37.0 Å². The molecule has 0 bridgehead atoms. The van der Waals surface area contributed by atoms with Gasteiger partial charge in [0.2, 0.25) is 5.56 Å². The number of nitrogens with one attached hydrogen (secondary N) is 2. The normalized spacial score (nSPS) is 12.0. The van der Waals surface area contributed by atoms with E-state index in [0.29, 0.717) is 35.8 Å². The van der Waals surface area contributed by atoms with E-state index in [1.54, 1.807) is 31.3 Å². The second kappa shape index (κ2) is 9.52. The van der Waals surface area contributed by atoms with Crippen LogP contribution < -0.4 is 10.9 Å². The maximum Gasteiger partial charge on any atom is 0.247 e. The summed E-state index contributed by atoms with van der Waals surface area (Å²) in [4.78, 5) is 18.3. The molecule has 1 aromatic heterocycles. The van der Waals surface area contributed by atoms with Crippen molar-refractivity contribution in [2.45, 2.75) is 20.3 Å². The lowest BCUT2D eigenvalue weighted by atomic mass is 10.1. The maximum absolute atomic E-state index is 13.9. The number of aryl methyl sites for hydroxylation is 1. The highest BCUT2D eigenvalue weighted by Gasteiger charge is 2.06. The van der Waals surface area contributed by atoms with E-state index in [-0.39, 0.29) is 11.4 Å². The molecule has 0 aliphatic heterocycles. The molecule has 5 nitrogen and oxygen atoms in total. The lowest BCUT2D eigenvalue weighted by molar-refractivity contribution is 0.400. The smallest absolute Gasteiger partial charge is 0.247 e. The van der Waals surface area contributed by atoms with E-state index in [2.05, 4.69) is 21.9 Å². The Morgan fingerprint density at radius 3 is 2.78 bits per heavy atom. The molecule has 0 spiro atoms. The highest BCUT2D eigenvalue weighted by atomic mass is 19.1. The summed E-state index contributed by atoms with van der Waals surface area (Å²) >= 11 is 0. The van der Waals surface area contributed by atoms with E-state index in [0.717, 1.165) is 11.1 Å². The SMILES string of the molecule is C=C(/C=C(\N=C(C)OC)c1ccc(=O)[nH]c1)NCCc1c(C)cccc1F. The minimum absolute atomic E-state index is 0.192. The van der Waals surface area contributed by atoms with Gasteiger partial charge >= 0.3 is 0 Å². The van der Waals surface area contributed by atoms with Crippen molar-refractivity contribution in [1.29, 1.82) is 0 Å². The number of methoxy groups -OCH3 is 1. The standard InChI is InChI=1S/C21H24FN3O2/c1-14-6-5-7-19(22)18(14)10-11-23-15(2)12-20(25-16(3)27-4)17-8-9-21(26)24-13-17/h5-9,12-13,23H,2,10-11H2,1,3-4H3,(H,24,26)/b20-12-,25-16?. The zero-order valence-electron chi connectivity index (χ0n) is 15.8. The van der Waals surface area contributed by atoms with Crippen molar-refractivity contribution in [3.63, 3.8) is 0 Å². The van der Waals surface area contributed by atoms with Crippen molar-refractivity contribution < 1.29 is 9.13 Å². The van der Waals surface area contributed by atoms with Crippen LogP contribution in [0.4, 0.5) is 4.39 Å². The number of pyridine rings is 1. The van der Waals surface area contributed by atoms with Gasteiger partial charge in [-0.05, 0) is 42.7 Å². The minimum atomic E-state index is -0.202. The first-order valence-electron chi connectivity index (χ1n) is 8.57. The molecular weight excluding hydrogens is 345 g/mol. The van der Waals surface area contributed by atoms with Gasteiger partial charge in [-0.15, -0.1) is 0 Å². The third kappa shape index (κ3) is 5.95. The molecule has 0 saturated heterocycles. The molecule has 2 rings (SSSR count). The Balaban J connectivity index is 2.12. The van der Waals surface area contributed by atoms with Crippen LogP contribution in [0, 0.1) is 12.7 Å². The van der Waals surface area contributed by atoms with E-state index >= 15 is 0 Å². The summed E-state index contributed by atoms with van der Waals surface area (Å²) in [6, 6.07) is 8.16. The van der Waals surface area contributed by atoms with Crippen LogP contribution in [0.2, 0.25) is 0 Å². The van der Waals surface area contributed by atoms with Crippen molar-refractivity contribution in [3.8, 4) is 0 Å². The number of aliphatic imine (C=N–C) groups is 1. The molecule has 27 heavy (non-hydrogen) atoms. The van der Waals surface area contributed by atoms with Crippen LogP contribution in [0.15, 0.2) is 64.7 Å². The van der Waals surface area contributed by atoms with Crippen LogP contribution in [0.3, 0.4) is 0 Å². The number of allylic oxidation sites excluding steroid dienone is 1. The van der Waals surface area contributed by atoms with Crippen molar-refractivity contribution in [1.82, 2.24) is 10.3 Å². The summed E-state index contributed by atoms with van der Waals surface area (Å²) < 4.78 is 19.0. The largest absolute Gasteiger partial charge is 0.484 e. The average molecular weight is 369 g/mol. The summed E-state index contributed by atoms with van der Waals surface area (Å²) in [5.74, 6) is 0.273. The van der Waals surface area contributed by atoms with Gasteiger partial charge in [-0.3, -0.25) is 4.79 Å². The number of nitrogens with zero attached hydrogens (tertiary/aromatic N) is 1. The van der Waals surface area contributed by atoms with E-state index in [1.165, 1.54) is 19.2 Å². The molecule has 1 aromatic carbocycles. The first-order valence-corrected chi connectivity index (χ1v) is 8.57. The number of aromatic nitrogens is 1. The zero-order valence-corrected chi connectivity index (χ0v) is 15.8. The molecule has 0 aliphatic carbocycles. The molecule has 0 unspecified atom stereocenters. The molecule has 2 aromatic rings. The summed E-state index contributed by atoms with van der Waals surface area (Å²) in [6.07, 6.45) is 3.88. The molecule has 0 amide bonds. The van der Waals surface area contributed by atoms with Crippen molar-refractivity contribution in [2.75, 3.05) is 13.7 Å². The number of hydrogen-bond donors (Lipinski definition) is 2. The first kappa shape index (κ1) is 20.2. The number of hydrogen-bond acceptors (Lipinski definition) is 4. The van der Waals surface area contributed by atoms with E-state index in [9.17, 15) is 9.18 Å². The number of H-pyrrole nitrogens is 1. The van der Waals surface area contributed by atoms with Crippen LogP contribution >= 0.6 is 0 Å². The van der Waals surface area contributed by atoms with E-state index in [4.69, 9.17) is 4.74 Å². The van der Waals surface area contributed by atoms with Gasteiger partial charge in [-0.1, -0.05) is 18.7 Å². The van der Waals surface area contributed by atoms with Crippen molar-refractivity contribution in [3.05, 3.63) is 87.7 Å². The van der Waals surface area contributed by atoms with Crippen molar-refractivity contribution in [2.24, 2.45) is 4.99 Å². The third-order valence-corrected chi connectivity index (χ3v) is 4.04. The fraction of sp³-hybridized carbons (Fsp3) is 0.238. The number of benzene rings is 1. The molecule has 0 saturated carbocycles. The number of halogens is 1. The van der Waals surface area contributed by atoms with E-state index < -0.39 is 0 Å². The lowest BCUT2D eigenvalue weighted by Gasteiger charge is -2.11. The Hall–Kier alpha value is -3.15. The summed E-state index contributed by atoms with van der Waals surface area (Å²) in [6.45, 7) is 8.14. The lowest BCUT2D eigenvalue weighted by Crippen LogP contribution is -2.16. The van der Waals surface area contributed by atoms with Crippen LogP contribution in [0.5, 0.6) is 0 Å². The fourth-order valence-electron chi connectivity index (χ4n) is 2.51. The Kier molecular flexibility index (Phi) is 7.11. The molecule has 0 radical (unpaired) electrons. The number of aromatic amines is 1. The molecule has 142 valence electrons. The fourth-order valence-corrected chi connectivity index (χ4v) is 2.51. The molecular formula is C21H24FN3O2. The van der Waals surface area contributed by atoms with Gasteiger partial charge < -0.3 is 15.0 Å². The number of ether oxygens (including phenoxy) is 1. The average Bonchev–Trinajstić information content (AvgIpc) is 2.64.